The van der Waals surface area contributed by atoms with Gasteiger partial charge in [-0.25, -0.2) is 4.79 Å². The number of non-ortho nitro benzene ring substituents is 2. The zero-order valence-electron chi connectivity index (χ0n) is 23.7. The molecular formula is C34H30N2O6. The minimum atomic E-state index is -0.495. The fraction of sp³-hybridized carbons (Fsp3) is 0.147. The van der Waals surface area contributed by atoms with Gasteiger partial charge < -0.3 is 4.74 Å². The summed E-state index contributed by atoms with van der Waals surface area (Å²) in [6, 6.07) is 12.4. The summed E-state index contributed by atoms with van der Waals surface area (Å²) >= 11 is 0. The predicted molar refractivity (Wildman–Crippen MR) is 164 cm³/mol. The van der Waals surface area contributed by atoms with Crippen LogP contribution in [0.5, 0.6) is 0 Å². The lowest BCUT2D eigenvalue weighted by Gasteiger charge is -2.18. The Morgan fingerprint density at radius 2 is 1.26 bits per heavy atom. The number of rotatable bonds is 8. The summed E-state index contributed by atoms with van der Waals surface area (Å²) in [5, 5.41) is 22.1. The quantitative estimate of drug-likeness (QED) is 0.183. The maximum Gasteiger partial charge on any atom is 0.339 e. The van der Waals surface area contributed by atoms with Crippen LogP contribution in [-0.4, -0.2) is 22.9 Å². The van der Waals surface area contributed by atoms with Crippen LogP contribution in [0.3, 0.4) is 0 Å². The van der Waals surface area contributed by atoms with Gasteiger partial charge in [0.05, 0.1) is 22.5 Å². The molecule has 0 fully saturated rings. The monoisotopic (exact) mass is 562 g/mol. The zero-order chi connectivity index (χ0) is 30.4. The van der Waals surface area contributed by atoms with Crippen LogP contribution < -0.4 is 0 Å². The van der Waals surface area contributed by atoms with Crippen LogP contribution in [-0.2, 0) is 9.53 Å². The van der Waals surface area contributed by atoms with E-state index in [0.717, 1.165) is 39.0 Å². The normalized spacial score (nSPS) is 15.3. The van der Waals surface area contributed by atoms with Crippen LogP contribution in [0.1, 0.15) is 31.9 Å². The average Bonchev–Trinajstić information content (AvgIpc) is 3.24. The summed E-state index contributed by atoms with van der Waals surface area (Å²) in [4.78, 5) is 34.6. The van der Waals surface area contributed by atoms with Gasteiger partial charge in [-0.2, -0.15) is 0 Å². The number of fused-ring (bicyclic) bond motifs is 1. The largest absolute Gasteiger partial charge is 0.465 e. The lowest BCUT2D eigenvalue weighted by Crippen LogP contribution is -2.11. The molecule has 0 spiro atoms. The Bertz CT molecular complexity index is 1680. The van der Waals surface area contributed by atoms with E-state index in [1.807, 2.05) is 37.3 Å². The van der Waals surface area contributed by atoms with Gasteiger partial charge >= 0.3 is 5.97 Å². The van der Waals surface area contributed by atoms with Crippen molar-refractivity contribution in [2.45, 2.75) is 20.8 Å². The lowest BCUT2D eigenvalue weighted by molar-refractivity contribution is -0.385. The van der Waals surface area contributed by atoms with Crippen LogP contribution in [0.15, 0.2) is 130 Å². The van der Waals surface area contributed by atoms with E-state index in [2.05, 4.69) is 26.0 Å². The Morgan fingerprint density at radius 3 is 1.74 bits per heavy atom. The summed E-state index contributed by atoms with van der Waals surface area (Å²) in [7, 11) is 1.35. The lowest BCUT2D eigenvalue weighted by atomic mass is 9.86. The van der Waals surface area contributed by atoms with Gasteiger partial charge in [0.1, 0.15) is 0 Å². The fourth-order valence-electron chi connectivity index (χ4n) is 4.61. The third kappa shape index (κ3) is 6.67. The molecule has 0 amide bonds. The van der Waals surface area contributed by atoms with Gasteiger partial charge in [0.2, 0.25) is 0 Å². The smallest absolute Gasteiger partial charge is 0.339 e. The summed E-state index contributed by atoms with van der Waals surface area (Å²) in [6.07, 6.45) is 17.3. The molecule has 0 N–H and O–H groups in total. The van der Waals surface area contributed by atoms with Crippen molar-refractivity contribution in [3.8, 4) is 0 Å². The van der Waals surface area contributed by atoms with E-state index in [4.69, 9.17) is 4.74 Å². The first kappa shape index (κ1) is 29.6. The van der Waals surface area contributed by atoms with E-state index in [9.17, 15) is 25.0 Å². The number of esters is 1. The van der Waals surface area contributed by atoms with Gasteiger partial charge in [-0.3, -0.25) is 20.2 Å². The van der Waals surface area contributed by atoms with Crippen molar-refractivity contribution in [2.24, 2.45) is 5.92 Å². The molecule has 2 aromatic rings. The van der Waals surface area contributed by atoms with Crippen molar-refractivity contribution in [1.29, 1.82) is 0 Å². The molecule has 8 nitrogen and oxygen atoms in total. The second-order valence-electron chi connectivity index (χ2n) is 10.1. The van der Waals surface area contributed by atoms with Crippen molar-refractivity contribution < 1.29 is 19.4 Å². The molecule has 0 atom stereocenters. The van der Waals surface area contributed by atoms with E-state index in [1.165, 1.54) is 31.4 Å². The molecule has 0 saturated heterocycles. The summed E-state index contributed by atoms with van der Waals surface area (Å²) in [6.45, 7) is 6.16. The molecule has 8 heteroatoms. The first-order chi connectivity index (χ1) is 20.1. The highest BCUT2D eigenvalue weighted by Gasteiger charge is 2.27. The molecule has 2 aliphatic rings. The van der Waals surface area contributed by atoms with Crippen molar-refractivity contribution >= 4 is 29.5 Å². The van der Waals surface area contributed by atoms with E-state index < -0.39 is 15.8 Å². The zero-order valence-corrected chi connectivity index (χ0v) is 23.7. The van der Waals surface area contributed by atoms with Gasteiger partial charge in [0, 0.05) is 29.8 Å². The first-order valence-corrected chi connectivity index (χ1v) is 13.3. The van der Waals surface area contributed by atoms with E-state index in [1.54, 1.807) is 36.4 Å². The highest BCUT2D eigenvalue weighted by Crippen LogP contribution is 2.39. The number of benzene rings is 2. The Balaban J connectivity index is 1.88. The van der Waals surface area contributed by atoms with Crippen molar-refractivity contribution in [1.82, 2.24) is 0 Å². The van der Waals surface area contributed by atoms with Crippen LogP contribution in [0.2, 0.25) is 0 Å². The molecule has 2 aromatic carbocycles. The molecule has 212 valence electrons. The number of hydrogen-bond acceptors (Lipinski definition) is 6. The molecule has 42 heavy (non-hydrogen) atoms. The third-order valence-corrected chi connectivity index (χ3v) is 6.97. The van der Waals surface area contributed by atoms with E-state index >= 15 is 0 Å². The van der Waals surface area contributed by atoms with E-state index in [-0.39, 0.29) is 17.3 Å². The van der Waals surface area contributed by atoms with Crippen molar-refractivity contribution in [2.75, 3.05) is 7.11 Å². The molecule has 0 aliphatic heterocycles. The van der Waals surface area contributed by atoms with Gasteiger partial charge in [-0.15, -0.1) is 0 Å². The minimum absolute atomic E-state index is 0.00645. The van der Waals surface area contributed by atoms with Gasteiger partial charge in [0.15, 0.2) is 0 Å². The number of nitro groups is 2. The standard InChI is InChI=1S/C34H30N2O6/c1-22(2)28-12-5-23(3)32-31(21-28)26(13-6-24-8-17-29(18-9-24)35(38)39)15-16-27(33(32)34(37)42-4)14-7-25-10-19-30(20-11-25)36(40)41/h5-22H,1-4H3/b13-6+,14-7+. The van der Waals surface area contributed by atoms with Gasteiger partial charge in [-0.1, -0.05) is 68.5 Å². The number of ether oxygens (including phenoxy) is 1. The Hall–Kier alpha value is -5.37. The van der Waals surface area contributed by atoms with Gasteiger partial charge in [0.25, 0.3) is 11.4 Å². The molecule has 2 aliphatic carbocycles. The van der Waals surface area contributed by atoms with Crippen LogP contribution in [0, 0.1) is 26.1 Å². The Kier molecular flexibility index (Phi) is 9.07. The molecule has 0 radical (unpaired) electrons. The molecule has 4 rings (SSSR count). The first-order valence-electron chi connectivity index (χ1n) is 13.3. The predicted octanol–water partition coefficient (Wildman–Crippen LogP) is 8.03. The number of carbonyl (C=O) groups is 1. The van der Waals surface area contributed by atoms with Crippen molar-refractivity contribution in [3.63, 3.8) is 0 Å². The third-order valence-electron chi connectivity index (χ3n) is 6.97. The molecule has 0 aromatic heterocycles. The van der Waals surface area contributed by atoms with Gasteiger partial charge in [-0.05, 0) is 76.1 Å². The minimum Gasteiger partial charge on any atom is -0.465 e. The number of hydrogen-bond donors (Lipinski definition) is 0. The van der Waals surface area contributed by atoms with Crippen LogP contribution in [0.25, 0.3) is 12.2 Å². The van der Waals surface area contributed by atoms with Crippen LogP contribution >= 0.6 is 0 Å². The fourth-order valence-corrected chi connectivity index (χ4v) is 4.61. The number of allylic oxidation sites excluding steroid dienone is 12. The molecule has 0 unspecified atom stereocenters. The topological polar surface area (TPSA) is 113 Å². The molecule has 0 saturated carbocycles. The number of nitrogens with zero attached hydrogens (tertiary/aromatic N) is 2. The SMILES string of the molecule is COC(=O)C1=C2C(C)=CC=C(C(C)C)C=C2C(/C=C/c2ccc([N+](=O)[O-])cc2)=CC=C1/C=C/c1ccc([N+](=O)[O-])cc1. The summed E-state index contributed by atoms with van der Waals surface area (Å²) in [5.41, 5.74) is 6.90. The highest BCUT2D eigenvalue weighted by atomic mass is 16.6. The Labute approximate surface area is 244 Å². The second-order valence-corrected chi connectivity index (χ2v) is 10.1. The Morgan fingerprint density at radius 1 is 0.762 bits per heavy atom. The summed E-state index contributed by atoms with van der Waals surface area (Å²) < 4.78 is 5.26. The van der Waals surface area contributed by atoms with E-state index in [0.29, 0.717) is 11.1 Å². The molecule has 0 heterocycles. The average molecular weight is 563 g/mol. The number of methoxy groups -OCH3 is 1. The second kappa shape index (κ2) is 12.9. The van der Waals surface area contributed by atoms with Crippen molar-refractivity contribution in [3.05, 3.63) is 161 Å². The number of nitro benzene ring substituents is 2. The maximum absolute atomic E-state index is 13.4. The summed E-state index contributed by atoms with van der Waals surface area (Å²) in [5.74, 6) is -0.273. The maximum atomic E-state index is 13.4. The van der Waals surface area contributed by atoms with Crippen LogP contribution in [0.4, 0.5) is 11.4 Å². The number of carbonyl (C=O) groups excluding carboxylic acids is 1. The molecular weight excluding hydrogens is 532 g/mol. The highest BCUT2D eigenvalue weighted by molar-refractivity contribution is 5.99. The molecule has 0 bridgehead atoms.